The summed E-state index contributed by atoms with van der Waals surface area (Å²) in [5, 5.41) is 12.7. The van der Waals surface area contributed by atoms with Crippen molar-refractivity contribution < 1.29 is 9.53 Å². The molecule has 0 radical (unpaired) electrons. The fourth-order valence-corrected chi connectivity index (χ4v) is 2.60. The molecule has 1 N–H and O–H groups in total. The summed E-state index contributed by atoms with van der Waals surface area (Å²) >= 11 is 0. The van der Waals surface area contributed by atoms with Gasteiger partial charge in [-0.1, -0.05) is 30.3 Å². The van der Waals surface area contributed by atoms with Gasteiger partial charge in [-0.05, 0) is 25.8 Å². The summed E-state index contributed by atoms with van der Waals surface area (Å²) in [6.45, 7) is 4.03. The molecule has 19 heavy (non-hydrogen) atoms. The van der Waals surface area contributed by atoms with E-state index in [2.05, 4.69) is 11.4 Å². The molecule has 1 heterocycles. The lowest BCUT2D eigenvalue weighted by Gasteiger charge is -2.23. The number of hydrogen-bond donors (Lipinski definition) is 1. The molecule has 0 amide bonds. The summed E-state index contributed by atoms with van der Waals surface area (Å²) in [6, 6.07) is 11.5. The van der Waals surface area contributed by atoms with Crippen molar-refractivity contribution in [3.05, 3.63) is 35.9 Å². The highest BCUT2D eigenvalue weighted by Gasteiger charge is 2.47. The number of rotatable bonds is 3. The summed E-state index contributed by atoms with van der Waals surface area (Å²) in [4.78, 5) is 11.8. The van der Waals surface area contributed by atoms with Crippen LogP contribution >= 0.6 is 0 Å². The van der Waals surface area contributed by atoms with E-state index < -0.39 is 11.5 Å². The molecule has 0 aliphatic carbocycles. The van der Waals surface area contributed by atoms with Crippen molar-refractivity contribution in [1.29, 1.82) is 5.26 Å². The molecule has 0 saturated carbocycles. The van der Waals surface area contributed by atoms with E-state index in [0.717, 1.165) is 5.56 Å². The van der Waals surface area contributed by atoms with Crippen LogP contribution in [0.2, 0.25) is 0 Å². The first-order chi connectivity index (χ1) is 9.10. The number of ether oxygens (including phenoxy) is 1. The molecule has 0 spiro atoms. The van der Waals surface area contributed by atoms with E-state index in [1.165, 1.54) is 0 Å². The van der Waals surface area contributed by atoms with Crippen molar-refractivity contribution in [3.63, 3.8) is 0 Å². The Morgan fingerprint density at radius 1 is 1.53 bits per heavy atom. The highest BCUT2D eigenvalue weighted by molar-refractivity contribution is 5.76. The molecule has 100 valence electrons. The summed E-state index contributed by atoms with van der Waals surface area (Å²) in [6.07, 6.45) is 0.474. The van der Waals surface area contributed by atoms with Gasteiger partial charge >= 0.3 is 5.97 Å². The minimum absolute atomic E-state index is 0.145. The lowest BCUT2D eigenvalue weighted by molar-refractivity contribution is -0.145. The van der Waals surface area contributed by atoms with Crippen LogP contribution in [-0.4, -0.2) is 18.6 Å². The van der Waals surface area contributed by atoms with Crippen LogP contribution in [0.25, 0.3) is 0 Å². The normalized spacial score (nSPS) is 29.7. The number of hydrogen-bond acceptors (Lipinski definition) is 4. The van der Waals surface area contributed by atoms with Crippen molar-refractivity contribution in [2.45, 2.75) is 32.4 Å². The van der Waals surface area contributed by atoms with Gasteiger partial charge in [0, 0.05) is 0 Å². The largest absolute Gasteiger partial charge is 0.465 e. The van der Waals surface area contributed by atoms with Crippen molar-refractivity contribution in [2.24, 2.45) is 5.41 Å². The van der Waals surface area contributed by atoms with Crippen LogP contribution in [-0.2, 0) is 9.53 Å². The Labute approximate surface area is 113 Å². The molecule has 1 saturated heterocycles. The smallest absolute Gasteiger partial charge is 0.323 e. The third kappa shape index (κ3) is 2.61. The first kappa shape index (κ1) is 13.6. The maximum absolute atomic E-state index is 11.8. The zero-order valence-electron chi connectivity index (χ0n) is 11.2. The average molecular weight is 258 g/mol. The van der Waals surface area contributed by atoms with Gasteiger partial charge in [-0.25, -0.2) is 0 Å². The fourth-order valence-electron chi connectivity index (χ4n) is 2.60. The molecular formula is C15H18N2O2. The molecule has 4 nitrogen and oxygen atoms in total. The third-order valence-corrected chi connectivity index (χ3v) is 3.59. The molecular weight excluding hydrogens is 240 g/mol. The van der Waals surface area contributed by atoms with Crippen LogP contribution in [0, 0.1) is 16.7 Å². The molecule has 0 unspecified atom stereocenters. The van der Waals surface area contributed by atoms with E-state index in [4.69, 9.17) is 4.74 Å². The Hall–Kier alpha value is -1.86. The second kappa shape index (κ2) is 5.41. The standard InChI is InChI=1S/C15H18N2O2/c1-3-19-14(18)12-9-15(2,10-16)13(17-12)11-7-5-4-6-8-11/h4-8,12-13,17H,3,9H2,1-2H3/t12-,13-,15+/m0/s1. The number of nitrogens with zero attached hydrogens (tertiary/aromatic N) is 1. The van der Waals surface area contributed by atoms with Gasteiger partial charge in [0.2, 0.25) is 0 Å². The third-order valence-electron chi connectivity index (χ3n) is 3.59. The highest BCUT2D eigenvalue weighted by Crippen LogP contribution is 2.43. The van der Waals surface area contributed by atoms with Gasteiger partial charge in [-0.15, -0.1) is 0 Å². The Balaban J connectivity index is 2.24. The fraction of sp³-hybridized carbons (Fsp3) is 0.467. The van der Waals surface area contributed by atoms with E-state index in [9.17, 15) is 10.1 Å². The van der Waals surface area contributed by atoms with Crippen molar-refractivity contribution >= 4 is 5.97 Å². The van der Waals surface area contributed by atoms with Gasteiger partial charge in [0.25, 0.3) is 0 Å². The molecule has 4 heteroatoms. The van der Waals surface area contributed by atoms with E-state index >= 15 is 0 Å². The number of esters is 1. The van der Waals surface area contributed by atoms with Gasteiger partial charge < -0.3 is 4.74 Å². The molecule has 3 atom stereocenters. The summed E-state index contributed by atoms with van der Waals surface area (Å²) in [5.41, 5.74) is 0.428. The maximum Gasteiger partial charge on any atom is 0.323 e. The molecule has 1 aromatic rings. The van der Waals surface area contributed by atoms with Gasteiger partial charge in [0.1, 0.15) is 6.04 Å². The average Bonchev–Trinajstić information content (AvgIpc) is 2.79. The number of nitrogens with one attached hydrogen (secondary N) is 1. The minimum atomic E-state index is -0.598. The van der Waals surface area contributed by atoms with Gasteiger partial charge in [-0.3, -0.25) is 10.1 Å². The van der Waals surface area contributed by atoms with E-state index in [-0.39, 0.29) is 12.0 Å². The Morgan fingerprint density at radius 2 is 2.21 bits per heavy atom. The maximum atomic E-state index is 11.8. The molecule has 1 aromatic carbocycles. The lowest BCUT2D eigenvalue weighted by atomic mass is 9.80. The molecule has 0 bridgehead atoms. The van der Waals surface area contributed by atoms with Crippen molar-refractivity contribution in [2.75, 3.05) is 6.61 Å². The van der Waals surface area contributed by atoms with Crippen LogP contribution in [0.5, 0.6) is 0 Å². The zero-order chi connectivity index (χ0) is 13.9. The van der Waals surface area contributed by atoms with Gasteiger partial charge in [0.05, 0.1) is 24.1 Å². The first-order valence-corrected chi connectivity index (χ1v) is 6.49. The van der Waals surface area contributed by atoms with Gasteiger partial charge in [-0.2, -0.15) is 5.26 Å². The van der Waals surface area contributed by atoms with Crippen molar-refractivity contribution in [1.82, 2.24) is 5.32 Å². The van der Waals surface area contributed by atoms with Crippen LogP contribution in [0.15, 0.2) is 30.3 Å². The SMILES string of the molecule is CCOC(=O)[C@@H]1C[C@](C)(C#N)[C@H](c2ccccc2)N1. The molecule has 0 aromatic heterocycles. The summed E-state index contributed by atoms with van der Waals surface area (Å²) in [5.74, 6) is -0.276. The van der Waals surface area contributed by atoms with E-state index in [0.29, 0.717) is 13.0 Å². The van der Waals surface area contributed by atoms with Crippen molar-refractivity contribution in [3.8, 4) is 6.07 Å². The predicted octanol–water partition coefficient (Wildman–Crippen LogP) is 2.18. The van der Waals surface area contributed by atoms with Crippen LogP contribution < -0.4 is 5.32 Å². The van der Waals surface area contributed by atoms with Gasteiger partial charge in [0.15, 0.2) is 0 Å². The van der Waals surface area contributed by atoms with E-state index in [1.54, 1.807) is 6.92 Å². The topological polar surface area (TPSA) is 62.1 Å². The highest BCUT2D eigenvalue weighted by atomic mass is 16.5. The molecule has 1 fully saturated rings. The summed E-state index contributed by atoms with van der Waals surface area (Å²) < 4.78 is 5.04. The number of benzene rings is 1. The number of carbonyl (C=O) groups is 1. The van der Waals surface area contributed by atoms with Crippen LogP contribution in [0.1, 0.15) is 31.9 Å². The Kier molecular flexibility index (Phi) is 3.87. The molecule has 1 aliphatic heterocycles. The van der Waals surface area contributed by atoms with Crippen LogP contribution in [0.3, 0.4) is 0 Å². The number of nitriles is 1. The molecule has 2 rings (SSSR count). The first-order valence-electron chi connectivity index (χ1n) is 6.49. The Morgan fingerprint density at radius 3 is 2.79 bits per heavy atom. The predicted molar refractivity (Wildman–Crippen MR) is 71.1 cm³/mol. The summed E-state index contributed by atoms with van der Waals surface area (Å²) in [7, 11) is 0. The lowest BCUT2D eigenvalue weighted by Crippen LogP contribution is -2.34. The zero-order valence-corrected chi connectivity index (χ0v) is 11.2. The quantitative estimate of drug-likeness (QED) is 0.844. The molecule has 1 aliphatic rings. The second-order valence-corrected chi connectivity index (χ2v) is 5.05. The Bertz CT molecular complexity index is 495. The minimum Gasteiger partial charge on any atom is -0.465 e. The second-order valence-electron chi connectivity index (χ2n) is 5.05. The number of carbonyl (C=O) groups excluding carboxylic acids is 1. The van der Waals surface area contributed by atoms with E-state index in [1.807, 2.05) is 37.3 Å². The van der Waals surface area contributed by atoms with Crippen LogP contribution in [0.4, 0.5) is 0 Å². The monoisotopic (exact) mass is 258 g/mol.